The van der Waals surface area contributed by atoms with Crippen LogP contribution in [0.2, 0.25) is 0 Å². The predicted octanol–water partition coefficient (Wildman–Crippen LogP) is 3.58. The van der Waals surface area contributed by atoms with E-state index < -0.39 is 0 Å². The fourth-order valence-corrected chi connectivity index (χ4v) is 1.41. The minimum atomic E-state index is 0.108. The molecule has 0 unspecified atom stereocenters. The van der Waals surface area contributed by atoms with Gasteiger partial charge in [0.05, 0.1) is 0 Å². The van der Waals surface area contributed by atoms with E-state index in [1.807, 2.05) is 32.0 Å². The summed E-state index contributed by atoms with van der Waals surface area (Å²) in [5.41, 5.74) is 11.1. The molecule has 16 heavy (non-hydrogen) atoms. The first-order chi connectivity index (χ1) is 7.65. The zero-order chi connectivity index (χ0) is 12.0. The Balaban J connectivity index is 2.59. The van der Waals surface area contributed by atoms with Crippen molar-refractivity contribution >= 4 is 5.78 Å². The summed E-state index contributed by atoms with van der Waals surface area (Å²) in [5.74, 6) is 0.108. The van der Waals surface area contributed by atoms with Gasteiger partial charge in [0.1, 0.15) is 0 Å². The molecule has 0 saturated carbocycles. The van der Waals surface area contributed by atoms with Crippen molar-refractivity contribution in [2.75, 3.05) is 6.54 Å². The van der Waals surface area contributed by atoms with Crippen LogP contribution in [0.4, 0.5) is 0 Å². The molecule has 0 fully saturated rings. The van der Waals surface area contributed by atoms with Crippen LogP contribution >= 0.6 is 0 Å². The van der Waals surface area contributed by atoms with Crippen molar-refractivity contribution in [3.63, 3.8) is 0 Å². The van der Waals surface area contributed by atoms with E-state index >= 15 is 0 Å². The largest absolute Gasteiger partial charge is 0.294 e. The standard InChI is InChI=1S/C12H15N3O/c1-9-5-6-11(8-10(9)2)12(16)4-3-7-14-15-13/h5-6,8H,3-4,7H2,1-2H3. The third-order valence-electron chi connectivity index (χ3n) is 2.55. The van der Waals surface area contributed by atoms with Crippen molar-refractivity contribution < 1.29 is 4.79 Å². The molecule has 0 bridgehead atoms. The molecule has 0 aliphatic heterocycles. The number of azide groups is 1. The molecule has 1 aromatic carbocycles. The van der Waals surface area contributed by atoms with Crippen LogP contribution in [0.5, 0.6) is 0 Å². The molecule has 0 amide bonds. The second kappa shape index (κ2) is 5.93. The number of benzene rings is 1. The predicted molar refractivity (Wildman–Crippen MR) is 63.5 cm³/mol. The minimum absolute atomic E-state index is 0.108. The van der Waals surface area contributed by atoms with Crippen LogP contribution in [0.1, 0.15) is 34.3 Å². The SMILES string of the molecule is Cc1ccc(C(=O)CCCN=[N+]=[N-])cc1C. The molecule has 0 aromatic heterocycles. The molecule has 84 valence electrons. The monoisotopic (exact) mass is 217 g/mol. The van der Waals surface area contributed by atoms with Gasteiger partial charge in [0.25, 0.3) is 0 Å². The van der Waals surface area contributed by atoms with Crippen molar-refractivity contribution in [1.29, 1.82) is 0 Å². The molecule has 0 radical (unpaired) electrons. The first-order valence-electron chi connectivity index (χ1n) is 5.26. The van der Waals surface area contributed by atoms with Crippen molar-refractivity contribution in [2.45, 2.75) is 26.7 Å². The third kappa shape index (κ3) is 3.41. The highest BCUT2D eigenvalue weighted by molar-refractivity contribution is 5.96. The molecule has 1 aromatic rings. The van der Waals surface area contributed by atoms with Crippen LogP contribution in [-0.2, 0) is 0 Å². The van der Waals surface area contributed by atoms with Gasteiger partial charge in [-0.15, -0.1) is 0 Å². The molecule has 1 rings (SSSR count). The Labute approximate surface area is 94.9 Å². The van der Waals surface area contributed by atoms with E-state index in [1.54, 1.807) is 0 Å². The number of Topliss-reactive ketones (excluding diaryl/α,β-unsaturated/α-hetero) is 1. The van der Waals surface area contributed by atoms with Gasteiger partial charge in [0.15, 0.2) is 5.78 Å². The van der Waals surface area contributed by atoms with E-state index in [1.165, 1.54) is 5.56 Å². The Bertz CT molecular complexity index is 434. The maximum Gasteiger partial charge on any atom is 0.162 e. The van der Waals surface area contributed by atoms with Crippen LogP contribution in [0.15, 0.2) is 23.3 Å². The van der Waals surface area contributed by atoms with Gasteiger partial charge < -0.3 is 0 Å². The van der Waals surface area contributed by atoms with Crippen molar-refractivity contribution in [1.82, 2.24) is 0 Å². The highest BCUT2D eigenvalue weighted by Gasteiger charge is 2.05. The van der Waals surface area contributed by atoms with Gasteiger partial charge >= 0.3 is 0 Å². The number of hydrogen-bond acceptors (Lipinski definition) is 2. The number of carbonyl (C=O) groups excluding carboxylic acids is 1. The molecule has 0 aliphatic rings. The summed E-state index contributed by atoms with van der Waals surface area (Å²) in [6.07, 6.45) is 1.04. The van der Waals surface area contributed by atoms with E-state index in [0.29, 0.717) is 19.4 Å². The third-order valence-corrected chi connectivity index (χ3v) is 2.55. The summed E-state index contributed by atoms with van der Waals surface area (Å²) in [6, 6.07) is 5.71. The Morgan fingerprint density at radius 2 is 2.12 bits per heavy atom. The quantitative estimate of drug-likeness (QED) is 0.244. The molecule has 0 atom stereocenters. The Morgan fingerprint density at radius 1 is 1.38 bits per heavy atom. The van der Waals surface area contributed by atoms with Gasteiger partial charge in [-0.3, -0.25) is 4.79 Å². The lowest BCUT2D eigenvalue weighted by Crippen LogP contribution is -2.00. The highest BCUT2D eigenvalue weighted by atomic mass is 16.1. The van der Waals surface area contributed by atoms with Crippen molar-refractivity contribution in [3.05, 3.63) is 45.3 Å². The molecule has 0 saturated heterocycles. The van der Waals surface area contributed by atoms with E-state index in [-0.39, 0.29) is 5.78 Å². The molecule has 0 heterocycles. The van der Waals surface area contributed by atoms with Gasteiger partial charge in [-0.2, -0.15) is 0 Å². The summed E-state index contributed by atoms with van der Waals surface area (Å²) in [7, 11) is 0. The van der Waals surface area contributed by atoms with E-state index in [0.717, 1.165) is 11.1 Å². The van der Waals surface area contributed by atoms with Gasteiger partial charge in [0.2, 0.25) is 0 Å². The lowest BCUT2D eigenvalue weighted by molar-refractivity contribution is 0.0980. The zero-order valence-corrected chi connectivity index (χ0v) is 9.60. The average molecular weight is 217 g/mol. The second-order valence-electron chi connectivity index (χ2n) is 3.78. The number of carbonyl (C=O) groups is 1. The van der Waals surface area contributed by atoms with Crippen LogP contribution in [0.3, 0.4) is 0 Å². The molecular formula is C12H15N3O. The summed E-state index contributed by atoms with van der Waals surface area (Å²) in [5, 5.41) is 3.40. The molecule has 4 nitrogen and oxygen atoms in total. The normalized spacial score (nSPS) is 9.62. The zero-order valence-electron chi connectivity index (χ0n) is 9.60. The van der Waals surface area contributed by atoms with E-state index in [4.69, 9.17) is 5.53 Å². The summed E-state index contributed by atoms with van der Waals surface area (Å²) >= 11 is 0. The maximum atomic E-state index is 11.7. The van der Waals surface area contributed by atoms with Crippen LogP contribution in [-0.4, -0.2) is 12.3 Å². The smallest absolute Gasteiger partial charge is 0.162 e. The topological polar surface area (TPSA) is 65.8 Å². The first-order valence-corrected chi connectivity index (χ1v) is 5.26. The van der Waals surface area contributed by atoms with Gasteiger partial charge in [-0.1, -0.05) is 17.2 Å². The lowest BCUT2D eigenvalue weighted by Gasteiger charge is -2.03. The van der Waals surface area contributed by atoms with Gasteiger partial charge in [0, 0.05) is 23.4 Å². The number of ketones is 1. The summed E-state index contributed by atoms with van der Waals surface area (Å²) in [6.45, 7) is 4.39. The van der Waals surface area contributed by atoms with Crippen LogP contribution in [0, 0.1) is 13.8 Å². The maximum absolute atomic E-state index is 11.7. The molecule has 0 N–H and O–H groups in total. The van der Waals surface area contributed by atoms with E-state index in [9.17, 15) is 4.79 Å². The average Bonchev–Trinajstić information content (AvgIpc) is 2.28. The van der Waals surface area contributed by atoms with Crippen molar-refractivity contribution in [3.8, 4) is 0 Å². The highest BCUT2D eigenvalue weighted by Crippen LogP contribution is 2.12. The molecule has 0 spiro atoms. The number of aryl methyl sites for hydroxylation is 2. The van der Waals surface area contributed by atoms with Crippen molar-refractivity contribution in [2.24, 2.45) is 5.11 Å². The fraction of sp³-hybridized carbons (Fsp3) is 0.417. The first kappa shape index (κ1) is 12.3. The summed E-state index contributed by atoms with van der Waals surface area (Å²) in [4.78, 5) is 14.4. The number of nitrogens with zero attached hydrogens (tertiary/aromatic N) is 3. The molecule has 4 heteroatoms. The second-order valence-corrected chi connectivity index (χ2v) is 3.78. The Hall–Kier alpha value is -1.80. The lowest BCUT2D eigenvalue weighted by atomic mass is 10.0. The number of hydrogen-bond donors (Lipinski definition) is 0. The van der Waals surface area contributed by atoms with Crippen LogP contribution < -0.4 is 0 Å². The summed E-state index contributed by atoms with van der Waals surface area (Å²) < 4.78 is 0. The molecule has 0 aliphatic carbocycles. The number of rotatable bonds is 5. The fourth-order valence-electron chi connectivity index (χ4n) is 1.41. The molecular weight excluding hydrogens is 202 g/mol. The van der Waals surface area contributed by atoms with Gasteiger partial charge in [-0.05, 0) is 43.0 Å². The minimum Gasteiger partial charge on any atom is -0.294 e. The van der Waals surface area contributed by atoms with Gasteiger partial charge in [-0.25, -0.2) is 0 Å². The van der Waals surface area contributed by atoms with E-state index in [2.05, 4.69) is 10.0 Å². The Kier molecular flexibility index (Phi) is 4.55. The Morgan fingerprint density at radius 3 is 2.75 bits per heavy atom. The van der Waals surface area contributed by atoms with Crippen LogP contribution in [0.25, 0.3) is 10.4 Å².